The first-order valence-electron chi connectivity index (χ1n) is 3.64. The molecule has 0 aromatic heterocycles. The summed E-state index contributed by atoms with van der Waals surface area (Å²) in [5.74, 6) is 0. The van der Waals surface area contributed by atoms with Crippen LogP contribution in [0.1, 0.15) is 33.1 Å². The first kappa shape index (κ1) is 9.99. The van der Waals surface area contributed by atoms with Crippen molar-refractivity contribution in [1.82, 2.24) is 0 Å². The number of hydrogen-bond acceptors (Lipinski definition) is 1. The maximum Gasteiger partial charge on any atom is 0.0540 e. The standard InChI is InChI=1S/C8H15ClO/c1-3-8(10)5-4-7(2)6-9/h6,8,10H,3-5H2,1-2H3. The lowest BCUT2D eigenvalue weighted by Crippen LogP contribution is -2.03. The number of aliphatic hydroxyl groups excluding tert-OH is 1. The summed E-state index contributed by atoms with van der Waals surface area (Å²) in [6, 6.07) is 0. The van der Waals surface area contributed by atoms with E-state index in [2.05, 4.69) is 0 Å². The van der Waals surface area contributed by atoms with Crippen molar-refractivity contribution in [3.8, 4) is 0 Å². The molecule has 2 heteroatoms. The van der Waals surface area contributed by atoms with Crippen LogP contribution in [-0.2, 0) is 0 Å². The van der Waals surface area contributed by atoms with Crippen LogP contribution in [0.25, 0.3) is 0 Å². The van der Waals surface area contributed by atoms with E-state index < -0.39 is 0 Å². The molecule has 60 valence electrons. The molecule has 0 aliphatic heterocycles. The molecule has 10 heavy (non-hydrogen) atoms. The van der Waals surface area contributed by atoms with E-state index in [9.17, 15) is 0 Å². The molecule has 0 radical (unpaired) electrons. The summed E-state index contributed by atoms with van der Waals surface area (Å²) in [5, 5.41) is 9.13. The summed E-state index contributed by atoms with van der Waals surface area (Å²) < 4.78 is 0. The first-order chi connectivity index (χ1) is 4.70. The van der Waals surface area contributed by atoms with Gasteiger partial charge >= 0.3 is 0 Å². The zero-order valence-electron chi connectivity index (χ0n) is 6.60. The number of halogens is 1. The Kier molecular flexibility index (Phi) is 5.74. The number of aliphatic hydroxyl groups is 1. The lowest BCUT2D eigenvalue weighted by atomic mass is 10.1. The monoisotopic (exact) mass is 162 g/mol. The lowest BCUT2D eigenvalue weighted by Gasteiger charge is -2.05. The summed E-state index contributed by atoms with van der Waals surface area (Å²) in [6.45, 7) is 3.94. The summed E-state index contributed by atoms with van der Waals surface area (Å²) in [4.78, 5) is 0. The molecule has 0 amide bonds. The molecule has 0 spiro atoms. The molecular formula is C8H15ClO. The Morgan fingerprint density at radius 3 is 2.70 bits per heavy atom. The minimum absolute atomic E-state index is 0.161. The molecule has 1 atom stereocenters. The molecule has 0 aliphatic rings. The molecular weight excluding hydrogens is 148 g/mol. The van der Waals surface area contributed by atoms with E-state index in [1.807, 2.05) is 13.8 Å². The van der Waals surface area contributed by atoms with Crippen LogP contribution >= 0.6 is 11.6 Å². The Labute approximate surface area is 67.7 Å². The zero-order valence-corrected chi connectivity index (χ0v) is 7.36. The van der Waals surface area contributed by atoms with Crippen molar-refractivity contribution in [2.45, 2.75) is 39.2 Å². The van der Waals surface area contributed by atoms with Gasteiger partial charge in [-0.15, -0.1) is 0 Å². The first-order valence-corrected chi connectivity index (χ1v) is 4.08. The predicted octanol–water partition coefficient (Wildman–Crippen LogP) is 2.68. The predicted molar refractivity (Wildman–Crippen MR) is 45.1 cm³/mol. The average molecular weight is 163 g/mol. The van der Waals surface area contributed by atoms with E-state index in [-0.39, 0.29) is 6.10 Å². The summed E-state index contributed by atoms with van der Waals surface area (Å²) >= 11 is 5.43. The van der Waals surface area contributed by atoms with Crippen molar-refractivity contribution >= 4 is 11.6 Å². The van der Waals surface area contributed by atoms with Crippen LogP contribution in [0, 0.1) is 0 Å². The minimum atomic E-state index is -0.161. The van der Waals surface area contributed by atoms with Crippen LogP contribution in [0.4, 0.5) is 0 Å². The molecule has 1 unspecified atom stereocenters. The fourth-order valence-corrected chi connectivity index (χ4v) is 0.762. The van der Waals surface area contributed by atoms with Crippen molar-refractivity contribution < 1.29 is 5.11 Å². The van der Waals surface area contributed by atoms with Crippen LogP contribution in [0.15, 0.2) is 11.1 Å². The number of hydrogen-bond donors (Lipinski definition) is 1. The molecule has 0 aromatic carbocycles. The fourth-order valence-electron chi connectivity index (χ4n) is 0.653. The van der Waals surface area contributed by atoms with Gasteiger partial charge in [-0.1, -0.05) is 24.1 Å². The van der Waals surface area contributed by atoms with Gasteiger partial charge in [-0.3, -0.25) is 0 Å². The molecule has 0 aliphatic carbocycles. The largest absolute Gasteiger partial charge is 0.393 e. The fraction of sp³-hybridized carbons (Fsp3) is 0.750. The molecule has 0 saturated carbocycles. The maximum absolute atomic E-state index is 9.13. The normalized spacial score (nSPS) is 15.4. The van der Waals surface area contributed by atoms with E-state index in [1.54, 1.807) is 5.54 Å². The van der Waals surface area contributed by atoms with Gasteiger partial charge in [-0.05, 0) is 26.2 Å². The number of allylic oxidation sites excluding steroid dienone is 1. The highest BCUT2D eigenvalue weighted by atomic mass is 35.5. The maximum atomic E-state index is 9.13. The Hall–Kier alpha value is -0.0100. The second-order valence-corrected chi connectivity index (χ2v) is 2.77. The van der Waals surface area contributed by atoms with Gasteiger partial charge in [-0.25, -0.2) is 0 Å². The molecule has 0 rings (SSSR count). The highest BCUT2D eigenvalue weighted by Gasteiger charge is 1.99. The van der Waals surface area contributed by atoms with E-state index in [1.165, 1.54) is 0 Å². The van der Waals surface area contributed by atoms with Gasteiger partial charge in [-0.2, -0.15) is 0 Å². The third-order valence-electron chi connectivity index (χ3n) is 1.53. The summed E-state index contributed by atoms with van der Waals surface area (Å²) in [7, 11) is 0. The Morgan fingerprint density at radius 1 is 1.70 bits per heavy atom. The van der Waals surface area contributed by atoms with Crippen molar-refractivity contribution in [2.75, 3.05) is 0 Å². The average Bonchev–Trinajstić information content (AvgIpc) is 1.99. The molecule has 0 saturated heterocycles. The van der Waals surface area contributed by atoms with E-state index >= 15 is 0 Å². The molecule has 1 nitrogen and oxygen atoms in total. The van der Waals surface area contributed by atoms with Crippen LogP contribution in [0.3, 0.4) is 0 Å². The van der Waals surface area contributed by atoms with E-state index in [0.29, 0.717) is 0 Å². The Bertz CT molecular complexity index is 110. The summed E-state index contributed by atoms with van der Waals surface area (Å²) in [6.07, 6.45) is 2.39. The van der Waals surface area contributed by atoms with Gasteiger partial charge in [0.25, 0.3) is 0 Å². The quantitative estimate of drug-likeness (QED) is 0.674. The molecule has 1 N–H and O–H groups in total. The SMILES string of the molecule is CCC(O)CCC(C)=CCl. The topological polar surface area (TPSA) is 20.2 Å². The van der Waals surface area contributed by atoms with Gasteiger partial charge in [0.1, 0.15) is 0 Å². The van der Waals surface area contributed by atoms with Gasteiger partial charge in [0.05, 0.1) is 6.10 Å². The van der Waals surface area contributed by atoms with Gasteiger partial charge in [0.2, 0.25) is 0 Å². The molecule has 0 fully saturated rings. The third kappa shape index (κ3) is 4.83. The lowest BCUT2D eigenvalue weighted by molar-refractivity contribution is 0.160. The van der Waals surface area contributed by atoms with Crippen LogP contribution in [-0.4, -0.2) is 11.2 Å². The van der Waals surface area contributed by atoms with Gasteiger partial charge < -0.3 is 5.11 Å². The second kappa shape index (κ2) is 5.75. The smallest absolute Gasteiger partial charge is 0.0540 e. The third-order valence-corrected chi connectivity index (χ3v) is 1.90. The summed E-state index contributed by atoms with van der Waals surface area (Å²) in [5.41, 5.74) is 2.71. The zero-order chi connectivity index (χ0) is 7.98. The van der Waals surface area contributed by atoms with Crippen molar-refractivity contribution in [3.05, 3.63) is 11.1 Å². The minimum Gasteiger partial charge on any atom is -0.393 e. The van der Waals surface area contributed by atoms with Gasteiger partial charge in [0.15, 0.2) is 0 Å². The van der Waals surface area contributed by atoms with Crippen LogP contribution < -0.4 is 0 Å². The van der Waals surface area contributed by atoms with E-state index in [0.717, 1.165) is 24.8 Å². The van der Waals surface area contributed by atoms with Crippen molar-refractivity contribution in [2.24, 2.45) is 0 Å². The second-order valence-electron chi connectivity index (χ2n) is 2.56. The van der Waals surface area contributed by atoms with Crippen LogP contribution in [0.5, 0.6) is 0 Å². The molecule has 0 aromatic rings. The highest BCUT2D eigenvalue weighted by Crippen LogP contribution is 2.09. The number of rotatable bonds is 4. The molecule has 0 heterocycles. The Balaban J connectivity index is 3.35. The van der Waals surface area contributed by atoms with E-state index in [4.69, 9.17) is 16.7 Å². The highest BCUT2D eigenvalue weighted by molar-refractivity contribution is 6.25. The van der Waals surface area contributed by atoms with Crippen LogP contribution in [0.2, 0.25) is 0 Å². The Morgan fingerprint density at radius 2 is 2.30 bits per heavy atom. The van der Waals surface area contributed by atoms with Gasteiger partial charge in [0, 0.05) is 5.54 Å². The van der Waals surface area contributed by atoms with Crippen molar-refractivity contribution in [3.63, 3.8) is 0 Å². The molecule has 0 bridgehead atoms. The van der Waals surface area contributed by atoms with Crippen molar-refractivity contribution in [1.29, 1.82) is 0 Å².